The van der Waals surface area contributed by atoms with E-state index < -0.39 is 10.0 Å². The van der Waals surface area contributed by atoms with E-state index in [-0.39, 0.29) is 18.1 Å². The molecule has 1 aliphatic heterocycles. The largest absolute Gasteiger partial charge is 0.494 e. The van der Waals surface area contributed by atoms with Crippen LogP contribution in [0, 0.1) is 6.92 Å². The molecule has 0 radical (unpaired) electrons. The molecule has 0 saturated carbocycles. The Morgan fingerprint density at radius 1 is 1.40 bits per heavy atom. The molecule has 1 aromatic carbocycles. The number of rotatable bonds is 5. The van der Waals surface area contributed by atoms with Gasteiger partial charge in [-0.05, 0) is 25.5 Å². The van der Waals surface area contributed by atoms with Crippen molar-refractivity contribution < 1.29 is 22.5 Å². The van der Waals surface area contributed by atoms with Crippen LogP contribution in [-0.4, -0.2) is 38.9 Å². The molecule has 2 aromatic rings. The molecule has 0 bridgehead atoms. The van der Waals surface area contributed by atoms with Gasteiger partial charge in [-0.1, -0.05) is 5.16 Å². The molecular formula is C16H19N3O5S. The number of aromatic nitrogens is 1. The van der Waals surface area contributed by atoms with Gasteiger partial charge in [0, 0.05) is 24.4 Å². The Morgan fingerprint density at radius 2 is 2.20 bits per heavy atom. The van der Waals surface area contributed by atoms with E-state index in [9.17, 15) is 13.2 Å². The molecule has 9 heteroatoms. The topological polar surface area (TPSA) is 102 Å². The van der Waals surface area contributed by atoms with Crippen LogP contribution in [0.5, 0.6) is 5.75 Å². The van der Waals surface area contributed by atoms with Gasteiger partial charge in [0.25, 0.3) is 0 Å². The van der Waals surface area contributed by atoms with Gasteiger partial charge >= 0.3 is 0 Å². The fraction of sp³-hybridized carbons (Fsp3) is 0.375. The zero-order chi connectivity index (χ0) is 18.0. The Labute approximate surface area is 145 Å². The Morgan fingerprint density at radius 3 is 2.80 bits per heavy atom. The van der Waals surface area contributed by atoms with Crippen molar-refractivity contribution in [3.63, 3.8) is 0 Å². The first kappa shape index (κ1) is 17.3. The molecule has 1 aromatic heterocycles. The summed E-state index contributed by atoms with van der Waals surface area (Å²) >= 11 is 0. The Hall–Kier alpha value is -2.55. The van der Waals surface area contributed by atoms with Crippen molar-refractivity contribution in [2.45, 2.75) is 19.8 Å². The molecule has 25 heavy (non-hydrogen) atoms. The zero-order valence-electron chi connectivity index (χ0n) is 14.0. The lowest BCUT2D eigenvalue weighted by atomic mass is 10.2. The molecule has 8 nitrogen and oxygen atoms in total. The number of anilines is 2. The summed E-state index contributed by atoms with van der Waals surface area (Å²) in [5.41, 5.74) is 1.54. The predicted octanol–water partition coefficient (Wildman–Crippen LogP) is 1.71. The number of ether oxygens (including phenoxy) is 1. The van der Waals surface area contributed by atoms with Crippen molar-refractivity contribution in [1.82, 2.24) is 5.16 Å². The maximum atomic E-state index is 12.1. The molecule has 3 rings (SSSR count). The smallest absolute Gasteiger partial charge is 0.235 e. The van der Waals surface area contributed by atoms with Crippen molar-refractivity contribution in [3.8, 4) is 5.75 Å². The van der Waals surface area contributed by atoms with Gasteiger partial charge in [-0.25, -0.2) is 8.42 Å². The third kappa shape index (κ3) is 3.76. The summed E-state index contributed by atoms with van der Waals surface area (Å²) < 4.78 is 35.8. The van der Waals surface area contributed by atoms with Crippen molar-refractivity contribution in [2.24, 2.45) is 0 Å². The number of hydrogen-bond donors (Lipinski definition) is 1. The van der Waals surface area contributed by atoms with E-state index in [1.54, 1.807) is 31.2 Å². The maximum Gasteiger partial charge on any atom is 0.235 e. The molecule has 134 valence electrons. The van der Waals surface area contributed by atoms with Crippen LogP contribution in [0.2, 0.25) is 0 Å². The number of benzene rings is 1. The molecular weight excluding hydrogens is 346 g/mol. The SMILES string of the molecule is COc1cc(NC(=O)Cc2cc(C)on2)ccc1N1CCCS1(=O)=O. The standard InChI is InChI=1S/C16H19N3O5S/c1-11-8-13(18-24-11)10-16(20)17-12-4-5-14(15(9-12)23-2)19-6-3-7-25(19,21)22/h4-5,8-9H,3,6-7,10H2,1-2H3,(H,17,20). The highest BCUT2D eigenvalue weighted by Crippen LogP contribution is 2.35. The maximum absolute atomic E-state index is 12.1. The van der Waals surface area contributed by atoms with E-state index in [0.29, 0.717) is 41.5 Å². The number of nitrogens with one attached hydrogen (secondary N) is 1. The number of methoxy groups -OCH3 is 1. The van der Waals surface area contributed by atoms with Gasteiger partial charge in [0.15, 0.2) is 0 Å². The van der Waals surface area contributed by atoms with Gasteiger partial charge in [0.2, 0.25) is 15.9 Å². The summed E-state index contributed by atoms with van der Waals surface area (Å²) in [5.74, 6) is 0.907. The molecule has 1 fully saturated rings. The fourth-order valence-corrected chi connectivity index (χ4v) is 4.31. The number of nitrogens with zero attached hydrogens (tertiary/aromatic N) is 2. The monoisotopic (exact) mass is 365 g/mol. The second-order valence-electron chi connectivity index (χ2n) is 5.78. The average molecular weight is 365 g/mol. The highest BCUT2D eigenvalue weighted by atomic mass is 32.2. The first-order valence-corrected chi connectivity index (χ1v) is 9.40. The number of carbonyl (C=O) groups excluding carboxylic acids is 1. The van der Waals surface area contributed by atoms with Crippen molar-refractivity contribution in [2.75, 3.05) is 29.0 Å². The van der Waals surface area contributed by atoms with Gasteiger partial charge in [-0.2, -0.15) is 0 Å². The van der Waals surface area contributed by atoms with Gasteiger partial charge in [0.05, 0.1) is 30.7 Å². The lowest BCUT2D eigenvalue weighted by molar-refractivity contribution is -0.115. The zero-order valence-corrected chi connectivity index (χ0v) is 14.8. The van der Waals surface area contributed by atoms with Crippen LogP contribution in [0.3, 0.4) is 0 Å². The van der Waals surface area contributed by atoms with Gasteiger partial charge < -0.3 is 14.6 Å². The van der Waals surface area contributed by atoms with Crippen LogP contribution in [0.25, 0.3) is 0 Å². The van der Waals surface area contributed by atoms with E-state index in [1.807, 2.05) is 0 Å². The second-order valence-corrected chi connectivity index (χ2v) is 7.80. The predicted molar refractivity (Wildman–Crippen MR) is 92.3 cm³/mol. The molecule has 0 aliphatic carbocycles. The van der Waals surface area contributed by atoms with Crippen LogP contribution in [0.1, 0.15) is 17.9 Å². The summed E-state index contributed by atoms with van der Waals surface area (Å²) in [6.07, 6.45) is 0.670. The molecule has 0 atom stereocenters. The number of aryl methyl sites for hydroxylation is 1. The van der Waals surface area contributed by atoms with Crippen LogP contribution in [0.4, 0.5) is 11.4 Å². The minimum Gasteiger partial charge on any atom is -0.494 e. The summed E-state index contributed by atoms with van der Waals surface area (Å²) in [6, 6.07) is 6.59. The van der Waals surface area contributed by atoms with Crippen molar-refractivity contribution in [1.29, 1.82) is 0 Å². The molecule has 1 saturated heterocycles. The third-order valence-corrected chi connectivity index (χ3v) is 5.71. The first-order valence-electron chi connectivity index (χ1n) is 7.79. The van der Waals surface area contributed by atoms with E-state index >= 15 is 0 Å². The number of hydrogen-bond acceptors (Lipinski definition) is 6. The van der Waals surface area contributed by atoms with Crippen molar-refractivity contribution in [3.05, 3.63) is 35.7 Å². The lowest BCUT2D eigenvalue weighted by Gasteiger charge is -2.20. The van der Waals surface area contributed by atoms with Crippen molar-refractivity contribution >= 4 is 27.3 Å². The summed E-state index contributed by atoms with van der Waals surface area (Å²) in [4.78, 5) is 12.1. The molecule has 1 N–H and O–H groups in total. The third-order valence-electron chi connectivity index (χ3n) is 3.85. The first-order chi connectivity index (χ1) is 11.9. The van der Waals surface area contributed by atoms with E-state index in [0.717, 1.165) is 0 Å². The lowest BCUT2D eigenvalue weighted by Crippen LogP contribution is -2.25. The van der Waals surface area contributed by atoms with Gasteiger partial charge in [0.1, 0.15) is 11.5 Å². The van der Waals surface area contributed by atoms with E-state index in [2.05, 4.69) is 10.5 Å². The molecule has 1 amide bonds. The minimum absolute atomic E-state index is 0.0852. The van der Waals surface area contributed by atoms with Crippen LogP contribution in [0.15, 0.2) is 28.8 Å². The molecule has 0 unspecified atom stereocenters. The number of carbonyl (C=O) groups is 1. The normalized spacial score (nSPS) is 16.0. The highest BCUT2D eigenvalue weighted by Gasteiger charge is 2.30. The fourth-order valence-electron chi connectivity index (χ4n) is 2.74. The Balaban J connectivity index is 1.76. The van der Waals surface area contributed by atoms with Crippen LogP contribution < -0.4 is 14.4 Å². The van der Waals surface area contributed by atoms with Crippen LogP contribution in [-0.2, 0) is 21.2 Å². The minimum atomic E-state index is -3.30. The average Bonchev–Trinajstić information content (AvgIpc) is 3.12. The number of sulfonamides is 1. The van der Waals surface area contributed by atoms with E-state index in [4.69, 9.17) is 9.26 Å². The van der Waals surface area contributed by atoms with Gasteiger partial charge in [-0.3, -0.25) is 9.10 Å². The van der Waals surface area contributed by atoms with E-state index in [1.165, 1.54) is 11.4 Å². The molecule has 2 heterocycles. The summed E-state index contributed by atoms with van der Waals surface area (Å²) in [5, 5.41) is 6.52. The quantitative estimate of drug-likeness (QED) is 0.865. The Kier molecular flexibility index (Phi) is 4.67. The highest BCUT2D eigenvalue weighted by molar-refractivity contribution is 7.93. The summed E-state index contributed by atoms with van der Waals surface area (Å²) in [6.45, 7) is 2.18. The van der Waals surface area contributed by atoms with Crippen LogP contribution >= 0.6 is 0 Å². The molecule has 1 aliphatic rings. The van der Waals surface area contributed by atoms with Gasteiger partial charge in [-0.15, -0.1) is 0 Å². The number of amides is 1. The molecule has 0 spiro atoms. The summed E-state index contributed by atoms with van der Waals surface area (Å²) in [7, 11) is -1.84. The second kappa shape index (κ2) is 6.75. The Bertz CT molecular complexity index is 891.